The number of aryl methyl sites for hydroxylation is 2. The molecule has 0 unspecified atom stereocenters. The van der Waals surface area contributed by atoms with Crippen molar-refractivity contribution in [3.63, 3.8) is 0 Å². The van der Waals surface area contributed by atoms with E-state index in [1.54, 1.807) is 20.2 Å². The summed E-state index contributed by atoms with van der Waals surface area (Å²) in [6, 6.07) is 5.78. The largest absolute Gasteiger partial charge is 0.506 e. The number of aromatic hydroxyl groups is 1. The number of hydrogen-bond acceptors (Lipinski definition) is 5. The summed E-state index contributed by atoms with van der Waals surface area (Å²) in [5.41, 5.74) is 3.79. The van der Waals surface area contributed by atoms with E-state index >= 15 is 0 Å². The molecule has 0 aliphatic carbocycles. The SMILES string of the molecule is COc1ccc(NCc2c(CO)cnc(C)c2O)cc1C. The van der Waals surface area contributed by atoms with Crippen molar-refractivity contribution in [2.45, 2.75) is 27.0 Å². The molecular formula is C16H20N2O3. The highest BCUT2D eigenvalue weighted by Crippen LogP contribution is 2.26. The number of hydrogen-bond donors (Lipinski definition) is 3. The summed E-state index contributed by atoms with van der Waals surface area (Å²) in [5.74, 6) is 0.957. The maximum Gasteiger partial charge on any atom is 0.142 e. The van der Waals surface area contributed by atoms with Crippen LogP contribution in [0.1, 0.15) is 22.4 Å². The molecule has 21 heavy (non-hydrogen) atoms. The van der Waals surface area contributed by atoms with Gasteiger partial charge in [0.15, 0.2) is 0 Å². The van der Waals surface area contributed by atoms with E-state index in [0.717, 1.165) is 17.0 Å². The minimum Gasteiger partial charge on any atom is -0.506 e. The Balaban J connectivity index is 2.20. The van der Waals surface area contributed by atoms with Gasteiger partial charge in [-0.2, -0.15) is 0 Å². The molecule has 0 radical (unpaired) electrons. The maximum absolute atomic E-state index is 10.1. The average Bonchev–Trinajstić information content (AvgIpc) is 2.49. The molecule has 2 aromatic rings. The van der Waals surface area contributed by atoms with E-state index in [-0.39, 0.29) is 12.4 Å². The summed E-state index contributed by atoms with van der Waals surface area (Å²) in [6.45, 7) is 3.96. The van der Waals surface area contributed by atoms with Gasteiger partial charge in [-0.1, -0.05) is 0 Å². The van der Waals surface area contributed by atoms with E-state index in [0.29, 0.717) is 23.4 Å². The van der Waals surface area contributed by atoms with Crippen molar-refractivity contribution in [2.24, 2.45) is 0 Å². The zero-order valence-corrected chi connectivity index (χ0v) is 12.5. The summed E-state index contributed by atoms with van der Waals surface area (Å²) in [7, 11) is 1.64. The summed E-state index contributed by atoms with van der Waals surface area (Å²) < 4.78 is 5.22. The van der Waals surface area contributed by atoms with Crippen LogP contribution in [0.4, 0.5) is 5.69 Å². The lowest BCUT2D eigenvalue weighted by atomic mass is 10.1. The second kappa shape index (κ2) is 6.45. The van der Waals surface area contributed by atoms with Gasteiger partial charge in [0, 0.05) is 29.6 Å². The van der Waals surface area contributed by atoms with Gasteiger partial charge in [0.25, 0.3) is 0 Å². The Labute approximate surface area is 124 Å². The Morgan fingerprint density at radius 2 is 2.05 bits per heavy atom. The quantitative estimate of drug-likeness (QED) is 0.788. The van der Waals surface area contributed by atoms with E-state index < -0.39 is 0 Å². The molecule has 0 aliphatic rings. The molecule has 3 N–H and O–H groups in total. The fourth-order valence-corrected chi connectivity index (χ4v) is 2.20. The summed E-state index contributed by atoms with van der Waals surface area (Å²) in [6.07, 6.45) is 1.59. The molecule has 0 bridgehead atoms. The van der Waals surface area contributed by atoms with Gasteiger partial charge >= 0.3 is 0 Å². The minimum atomic E-state index is -0.153. The number of nitrogens with zero attached hydrogens (tertiary/aromatic N) is 1. The number of ether oxygens (including phenoxy) is 1. The third kappa shape index (κ3) is 3.25. The van der Waals surface area contributed by atoms with Gasteiger partial charge in [-0.25, -0.2) is 0 Å². The summed E-state index contributed by atoms with van der Waals surface area (Å²) in [5, 5.41) is 22.7. The average molecular weight is 288 g/mol. The zero-order valence-electron chi connectivity index (χ0n) is 12.5. The molecule has 1 aromatic carbocycles. The third-order valence-electron chi connectivity index (χ3n) is 3.46. The lowest BCUT2D eigenvalue weighted by Gasteiger charge is -2.14. The fourth-order valence-electron chi connectivity index (χ4n) is 2.20. The number of rotatable bonds is 5. The van der Waals surface area contributed by atoms with Gasteiger partial charge in [-0.15, -0.1) is 0 Å². The molecule has 2 rings (SSSR count). The summed E-state index contributed by atoms with van der Waals surface area (Å²) >= 11 is 0. The first kappa shape index (κ1) is 15.1. The number of aliphatic hydroxyl groups is 1. The number of methoxy groups -OCH3 is 1. The van der Waals surface area contributed by atoms with Crippen molar-refractivity contribution < 1.29 is 14.9 Å². The van der Waals surface area contributed by atoms with Crippen LogP contribution < -0.4 is 10.1 Å². The highest BCUT2D eigenvalue weighted by Gasteiger charge is 2.11. The Bertz CT molecular complexity index is 642. The van der Waals surface area contributed by atoms with Crippen LogP contribution in [0.3, 0.4) is 0 Å². The van der Waals surface area contributed by atoms with Crippen LogP contribution in [-0.4, -0.2) is 22.3 Å². The number of anilines is 1. The first-order chi connectivity index (χ1) is 10.1. The minimum absolute atomic E-state index is 0.124. The Hall–Kier alpha value is -2.27. The van der Waals surface area contributed by atoms with Crippen molar-refractivity contribution in [3.05, 3.63) is 46.8 Å². The van der Waals surface area contributed by atoms with Gasteiger partial charge in [0.05, 0.1) is 19.4 Å². The van der Waals surface area contributed by atoms with E-state index in [2.05, 4.69) is 10.3 Å². The standard InChI is InChI=1S/C16H20N2O3/c1-10-6-13(4-5-15(10)21-3)18-8-14-12(9-19)7-17-11(2)16(14)20/h4-7,18-20H,8-9H2,1-3H3. The van der Waals surface area contributed by atoms with Crippen molar-refractivity contribution in [2.75, 3.05) is 12.4 Å². The van der Waals surface area contributed by atoms with E-state index in [1.807, 2.05) is 25.1 Å². The van der Waals surface area contributed by atoms with Crippen LogP contribution >= 0.6 is 0 Å². The van der Waals surface area contributed by atoms with Gasteiger partial charge in [0.2, 0.25) is 0 Å². The molecule has 1 heterocycles. The van der Waals surface area contributed by atoms with Gasteiger partial charge in [-0.3, -0.25) is 4.98 Å². The topological polar surface area (TPSA) is 74.6 Å². The molecule has 0 fully saturated rings. The predicted molar refractivity (Wildman–Crippen MR) is 81.6 cm³/mol. The Morgan fingerprint density at radius 1 is 1.29 bits per heavy atom. The molecule has 0 saturated carbocycles. The molecule has 5 nitrogen and oxygen atoms in total. The number of benzene rings is 1. The number of pyridine rings is 1. The van der Waals surface area contributed by atoms with Crippen molar-refractivity contribution in [1.29, 1.82) is 0 Å². The van der Waals surface area contributed by atoms with Crippen molar-refractivity contribution >= 4 is 5.69 Å². The summed E-state index contributed by atoms with van der Waals surface area (Å²) in [4.78, 5) is 4.05. The van der Waals surface area contributed by atoms with Crippen molar-refractivity contribution in [3.8, 4) is 11.5 Å². The molecule has 1 aromatic heterocycles. The van der Waals surface area contributed by atoms with E-state index in [1.165, 1.54) is 0 Å². The molecule has 0 amide bonds. The third-order valence-corrected chi connectivity index (χ3v) is 3.46. The lowest BCUT2D eigenvalue weighted by Crippen LogP contribution is -2.06. The van der Waals surface area contributed by atoms with Crippen LogP contribution in [0.2, 0.25) is 0 Å². The molecule has 0 atom stereocenters. The Morgan fingerprint density at radius 3 is 2.67 bits per heavy atom. The number of nitrogens with one attached hydrogen (secondary N) is 1. The van der Waals surface area contributed by atoms with Gasteiger partial charge in [-0.05, 0) is 37.6 Å². The number of aliphatic hydroxyl groups excluding tert-OH is 1. The molecule has 0 spiro atoms. The van der Waals surface area contributed by atoms with Crippen LogP contribution in [-0.2, 0) is 13.2 Å². The molecular weight excluding hydrogens is 268 g/mol. The second-order valence-corrected chi connectivity index (χ2v) is 4.89. The van der Waals surface area contributed by atoms with E-state index in [4.69, 9.17) is 4.74 Å². The van der Waals surface area contributed by atoms with Gasteiger partial charge in [0.1, 0.15) is 11.5 Å². The fraction of sp³-hybridized carbons (Fsp3) is 0.312. The zero-order chi connectivity index (χ0) is 15.4. The van der Waals surface area contributed by atoms with Crippen LogP contribution in [0.25, 0.3) is 0 Å². The molecule has 0 aliphatic heterocycles. The first-order valence-corrected chi connectivity index (χ1v) is 6.72. The predicted octanol–water partition coefficient (Wildman–Crippen LogP) is 2.52. The molecule has 112 valence electrons. The highest BCUT2D eigenvalue weighted by atomic mass is 16.5. The first-order valence-electron chi connectivity index (χ1n) is 6.72. The normalized spacial score (nSPS) is 10.5. The molecule has 5 heteroatoms. The van der Waals surface area contributed by atoms with Crippen LogP contribution in [0, 0.1) is 13.8 Å². The highest BCUT2D eigenvalue weighted by molar-refractivity contribution is 5.52. The smallest absolute Gasteiger partial charge is 0.142 e. The Kier molecular flexibility index (Phi) is 4.65. The van der Waals surface area contributed by atoms with Gasteiger partial charge < -0.3 is 20.3 Å². The molecule has 0 saturated heterocycles. The lowest BCUT2D eigenvalue weighted by molar-refractivity contribution is 0.279. The number of aromatic nitrogens is 1. The monoisotopic (exact) mass is 288 g/mol. The van der Waals surface area contributed by atoms with Crippen LogP contribution in [0.5, 0.6) is 11.5 Å². The van der Waals surface area contributed by atoms with Crippen molar-refractivity contribution in [1.82, 2.24) is 4.98 Å². The second-order valence-electron chi connectivity index (χ2n) is 4.89. The van der Waals surface area contributed by atoms with Crippen LogP contribution in [0.15, 0.2) is 24.4 Å². The van der Waals surface area contributed by atoms with E-state index in [9.17, 15) is 10.2 Å². The maximum atomic E-state index is 10.1.